The first-order chi connectivity index (χ1) is 12.5. The van der Waals surface area contributed by atoms with E-state index in [1.54, 1.807) is 13.2 Å². The average molecular weight is 364 g/mol. The van der Waals surface area contributed by atoms with Gasteiger partial charge in [-0.3, -0.25) is 4.90 Å². The molecule has 0 amide bonds. The van der Waals surface area contributed by atoms with Crippen LogP contribution in [0.5, 0.6) is 11.5 Å². The van der Waals surface area contributed by atoms with Crippen molar-refractivity contribution in [3.05, 3.63) is 23.8 Å². The predicted molar refractivity (Wildman–Crippen MR) is 104 cm³/mol. The minimum absolute atomic E-state index is 0.00191. The number of rotatable bonds is 7. The smallest absolute Gasteiger partial charge is 0.191 e. The van der Waals surface area contributed by atoms with Crippen LogP contribution < -0.4 is 15.4 Å². The number of hydrogen-bond donors (Lipinski definition) is 3. The third-order valence-electron chi connectivity index (χ3n) is 4.61. The van der Waals surface area contributed by atoms with Crippen LogP contribution in [-0.2, 0) is 11.3 Å². The fraction of sp³-hybridized carbons (Fsp3) is 0.632. The van der Waals surface area contributed by atoms with Gasteiger partial charge in [-0.05, 0) is 26.8 Å². The first kappa shape index (κ1) is 20.3. The highest BCUT2D eigenvalue weighted by Gasteiger charge is 2.28. The summed E-state index contributed by atoms with van der Waals surface area (Å²) >= 11 is 0. The monoisotopic (exact) mass is 364 g/mol. The van der Waals surface area contributed by atoms with E-state index < -0.39 is 0 Å². The summed E-state index contributed by atoms with van der Waals surface area (Å²) in [6, 6.07) is 5.44. The zero-order valence-corrected chi connectivity index (χ0v) is 16.3. The molecule has 0 unspecified atom stereocenters. The number of aromatic hydroxyl groups is 1. The van der Waals surface area contributed by atoms with E-state index >= 15 is 0 Å². The minimum atomic E-state index is -0.00191. The van der Waals surface area contributed by atoms with Crippen LogP contribution in [0.25, 0.3) is 0 Å². The van der Waals surface area contributed by atoms with Gasteiger partial charge in [0.1, 0.15) is 0 Å². The van der Waals surface area contributed by atoms with E-state index in [0.717, 1.165) is 50.9 Å². The van der Waals surface area contributed by atoms with Gasteiger partial charge in [0, 0.05) is 37.3 Å². The van der Waals surface area contributed by atoms with E-state index in [-0.39, 0.29) is 11.3 Å². The molecule has 7 nitrogen and oxygen atoms in total. The van der Waals surface area contributed by atoms with E-state index in [4.69, 9.17) is 9.47 Å². The lowest BCUT2D eigenvalue weighted by Gasteiger charge is -2.41. The second kappa shape index (κ2) is 9.64. The van der Waals surface area contributed by atoms with Crippen LogP contribution in [0.2, 0.25) is 0 Å². The molecule has 3 N–H and O–H groups in total. The van der Waals surface area contributed by atoms with Gasteiger partial charge in [0.25, 0.3) is 0 Å². The number of para-hydroxylation sites is 1. The summed E-state index contributed by atoms with van der Waals surface area (Å²) in [5.74, 6) is 1.34. The Morgan fingerprint density at radius 1 is 1.31 bits per heavy atom. The summed E-state index contributed by atoms with van der Waals surface area (Å²) < 4.78 is 10.6. The van der Waals surface area contributed by atoms with E-state index in [2.05, 4.69) is 34.4 Å². The predicted octanol–water partition coefficient (Wildman–Crippen LogP) is 1.57. The lowest BCUT2D eigenvalue weighted by Crippen LogP contribution is -2.56. The molecule has 146 valence electrons. The molecule has 0 saturated carbocycles. The molecule has 1 aliphatic heterocycles. The number of guanidine groups is 1. The number of hydrogen-bond acceptors (Lipinski definition) is 5. The number of methoxy groups -OCH3 is 1. The average Bonchev–Trinajstić information content (AvgIpc) is 2.65. The Bertz CT molecular complexity index is 598. The summed E-state index contributed by atoms with van der Waals surface area (Å²) in [4.78, 5) is 7.04. The Morgan fingerprint density at radius 2 is 2.04 bits per heavy atom. The van der Waals surface area contributed by atoms with Crippen LogP contribution in [0.1, 0.15) is 26.3 Å². The van der Waals surface area contributed by atoms with Crippen LogP contribution in [0.3, 0.4) is 0 Å². The number of phenols is 1. The van der Waals surface area contributed by atoms with Crippen molar-refractivity contribution in [3.63, 3.8) is 0 Å². The van der Waals surface area contributed by atoms with Gasteiger partial charge < -0.3 is 25.2 Å². The van der Waals surface area contributed by atoms with Gasteiger partial charge in [0.15, 0.2) is 17.5 Å². The second-order valence-corrected chi connectivity index (χ2v) is 6.93. The summed E-state index contributed by atoms with van der Waals surface area (Å²) in [5, 5.41) is 16.9. The van der Waals surface area contributed by atoms with E-state index in [1.807, 2.05) is 19.1 Å². The molecule has 1 fully saturated rings. The Hall–Kier alpha value is -1.99. The molecule has 1 aromatic rings. The lowest BCUT2D eigenvalue weighted by atomic mass is 10.0. The number of nitrogens with zero attached hydrogens (tertiary/aromatic N) is 2. The number of aliphatic imine (C=N–C) groups is 1. The third-order valence-corrected chi connectivity index (χ3v) is 4.61. The fourth-order valence-electron chi connectivity index (χ4n) is 2.95. The normalized spacial score (nSPS) is 16.4. The molecular formula is C19H32N4O3. The van der Waals surface area contributed by atoms with Crippen molar-refractivity contribution in [1.82, 2.24) is 15.5 Å². The van der Waals surface area contributed by atoms with Gasteiger partial charge in [-0.25, -0.2) is 4.99 Å². The first-order valence-electron chi connectivity index (χ1n) is 9.17. The molecule has 0 bridgehead atoms. The Morgan fingerprint density at radius 3 is 2.69 bits per heavy atom. The summed E-state index contributed by atoms with van der Waals surface area (Å²) in [6.45, 7) is 11.9. The maximum Gasteiger partial charge on any atom is 0.191 e. The van der Waals surface area contributed by atoms with Crippen molar-refractivity contribution in [2.24, 2.45) is 4.99 Å². The molecule has 2 rings (SSSR count). The van der Waals surface area contributed by atoms with Gasteiger partial charge in [-0.1, -0.05) is 12.1 Å². The van der Waals surface area contributed by atoms with Crippen molar-refractivity contribution in [2.75, 3.05) is 46.5 Å². The van der Waals surface area contributed by atoms with Gasteiger partial charge in [0.05, 0.1) is 26.9 Å². The molecule has 7 heteroatoms. The molecule has 1 aromatic carbocycles. The zero-order valence-electron chi connectivity index (χ0n) is 16.3. The van der Waals surface area contributed by atoms with Crippen LogP contribution >= 0.6 is 0 Å². The topological polar surface area (TPSA) is 78.4 Å². The second-order valence-electron chi connectivity index (χ2n) is 6.93. The maximum atomic E-state index is 10.2. The van der Waals surface area contributed by atoms with Gasteiger partial charge in [-0.15, -0.1) is 0 Å². The third kappa shape index (κ3) is 5.51. The molecule has 0 radical (unpaired) electrons. The molecule has 0 spiro atoms. The van der Waals surface area contributed by atoms with Crippen molar-refractivity contribution < 1.29 is 14.6 Å². The Kier molecular flexibility index (Phi) is 7.53. The van der Waals surface area contributed by atoms with E-state index in [9.17, 15) is 5.11 Å². The summed E-state index contributed by atoms with van der Waals surface area (Å²) in [6.07, 6.45) is 0. The lowest BCUT2D eigenvalue weighted by molar-refractivity contribution is -0.00834. The van der Waals surface area contributed by atoms with Crippen molar-refractivity contribution in [3.8, 4) is 11.5 Å². The van der Waals surface area contributed by atoms with Crippen LogP contribution in [0, 0.1) is 0 Å². The quantitative estimate of drug-likeness (QED) is 0.504. The number of nitrogens with one attached hydrogen (secondary N) is 2. The minimum Gasteiger partial charge on any atom is -0.504 e. The molecule has 0 aromatic heterocycles. The number of phenolic OH excluding ortho intramolecular Hbond substituents is 1. The van der Waals surface area contributed by atoms with Crippen molar-refractivity contribution in [1.29, 1.82) is 0 Å². The Labute approximate surface area is 156 Å². The maximum absolute atomic E-state index is 10.2. The van der Waals surface area contributed by atoms with Crippen LogP contribution in [-0.4, -0.2) is 68.0 Å². The number of morpholine rings is 1. The zero-order chi connectivity index (χ0) is 19.0. The molecule has 1 heterocycles. The fourth-order valence-corrected chi connectivity index (χ4v) is 2.95. The van der Waals surface area contributed by atoms with Crippen molar-refractivity contribution in [2.45, 2.75) is 32.9 Å². The highest BCUT2D eigenvalue weighted by Crippen LogP contribution is 2.29. The van der Waals surface area contributed by atoms with Crippen LogP contribution in [0.15, 0.2) is 23.2 Å². The van der Waals surface area contributed by atoms with Crippen molar-refractivity contribution >= 4 is 5.96 Å². The first-order valence-corrected chi connectivity index (χ1v) is 9.17. The highest BCUT2D eigenvalue weighted by molar-refractivity contribution is 5.79. The van der Waals surface area contributed by atoms with E-state index in [1.165, 1.54) is 0 Å². The van der Waals surface area contributed by atoms with Gasteiger partial charge >= 0.3 is 0 Å². The SMILES string of the molecule is CCNC(=NCc1cccc(OC)c1O)NCC(C)(C)N1CCOCC1. The molecule has 1 aliphatic rings. The molecule has 0 aliphatic carbocycles. The summed E-state index contributed by atoms with van der Waals surface area (Å²) in [5.41, 5.74) is 0.729. The molecular weight excluding hydrogens is 332 g/mol. The Balaban J connectivity index is 2.00. The van der Waals surface area contributed by atoms with Gasteiger partial charge in [-0.2, -0.15) is 0 Å². The van der Waals surface area contributed by atoms with Gasteiger partial charge in [0.2, 0.25) is 0 Å². The van der Waals surface area contributed by atoms with E-state index in [0.29, 0.717) is 12.3 Å². The number of ether oxygens (including phenoxy) is 2. The standard InChI is InChI=1S/C19H32N4O3/c1-5-20-18(21-13-15-7-6-8-16(25-4)17(15)24)22-14-19(2,3)23-9-11-26-12-10-23/h6-8,24H,5,9-14H2,1-4H3,(H2,20,21,22). The van der Waals surface area contributed by atoms with Crippen LogP contribution in [0.4, 0.5) is 0 Å². The number of benzene rings is 1. The molecule has 1 saturated heterocycles. The summed E-state index contributed by atoms with van der Waals surface area (Å²) in [7, 11) is 1.54. The molecule has 26 heavy (non-hydrogen) atoms. The molecule has 0 atom stereocenters. The largest absolute Gasteiger partial charge is 0.504 e. The highest BCUT2D eigenvalue weighted by atomic mass is 16.5.